The van der Waals surface area contributed by atoms with E-state index in [0.717, 1.165) is 11.4 Å². The van der Waals surface area contributed by atoms with Gasteiger partial charge in [-0.15, -0.1) is 0 Å². The van der Waals surface area contributed by atoms with Gasteiger partial charge >= 0.3 is 5.69 Å². The Morgan fingerprint density at radius 3 is 2.48 bits per heavy atom. The molecule has 126 valence electrons. The lowest BCUT2D eigenvalue weighted by Gasteiger charge is -2.06. The van der Waals surface area contributed by atoms with Gasteiger partial charge in [0.15, 0.2) is 5.69 Å². The normalized spacial score (nSPS) is 10.8. The highest BCUT2D eigenvalue weighted by Gasteiger charge is 2.21. The van der Waals surface area contributed by atoms with Gasteiger partial charge < -0.3 is 14.6 Å². The van der Waals surface area contributed by atoms with E-state index < -0.39 is 4.92 Å². The molecule has 7 nitrogen and oxygen atoms in total. The van der Waals surface area contributed by atoms with Crippen LogP contribution in [-0.2, 0) is 0 Å². The minimum Gasteiger partial charge on any atom is -0.457 e. The van der Waals surface area contributed by atoms with Crippen molar-refractivity contribution in [3.63, 3.8) is 0 Å². The zero-order chi connectivity index (χ0) is 17.6. The number of nitro groups is 1. The fourth-order valence-corrected chi connectivity index (χ4v) is 2.17. The lowest BCUT2D eigenvalue weighted by Crippen LogP contribution is -1.91. The van der Waals surface area contributed by atoms with Crippen LogP contribution in [0.4, 0.5) is 11.4 Å². The smallest absolute Gasteiger partial charge is 0.338 e. The van der Waals surface area contributed by atoms with Crippen LogP contribution in [0, 0.1) is 17.0 Å². The summed E-state index contributed by atoms with van der Waals surface area (Å²) >= 11 is 0. The number of para-hydroxylation sites is 1. The fourth-order valence-electron chi connectivity index (χ4n) is 2.17. The third-order valence-corrected chi connectivity index (χ3v) is 3.36. The number of aryl methyl sites for hydroxylation is 1. The molecular formula is C18H15N3O4. The summed E-state index contributed by atoms with van der Waals surface area (Å²) in [5.74, 6) is 1.57. The Bertz CT molecular complexity index is 886. The van der Waals surface area contributed by atoms with E-state index in [0.29, 0.717) is 5.75 Å². The van der Waals surface area contributed by atoms with Crippen LogP contribution in [0.3, 0.4) is 0 Å². The lowest BCUT2D eigenvalue weighted by molar-refractivity contribution is -0.386. The summed E-state index contributed by atoms with van der Waals surface area (Å²) in [5.41, 5.74) is 0.910. The second-order valence-electron chi connectivity index (χ2n) is 5.16. The number of hydrogen-bond donors (Lipinski definition) is 1. The molecule has 25 heavy (non-hydrogen) atoms. The molecule has 1 heterocycles. The summed E-state index contributed by atoms with van der Waals surface area (Å²) in [4.78, 5) is 10.4. The molecule has 1 N–H and O–H groups in total. The Labute approximate surface area is 143 Å². The Morgan fingerprint density at radius 1 is 1.12 bits per heavy atom. The fraction of sp³-hybridized carbons (Fsp3) is 0.0556. The molecule has 0 saturated heterocycles. The molecule has 0 saturated carbocycles. The number of hydrogen-bond acceptors (Lipinski definition) is 6. The van der Waals surface area contributed by atoms with Crippen molar-refractivity contribution in [3.8, 4) is 11.5 Å². The van der Waals surface area contributed by atoms with Crippen molar-refractivity contribution in [1.82, 2.24) is 5.16 Å². The van der Waals surface area contributed by atoms with Gasteiger partial charge in [0.2, 0.25) is 5.76 Å². The maximum Gasteiger partial charge on any atom is 0.338 e. The van der Waals surface area contributed by atoms with E-state index in [1.54, 1.807) is 6.20 Å². The molecule has 1 aromatic heterocycles. The Balaban J connectivity index is 1.63. The number of ether oxygens (including phenoxy) is 1. The topological polar surface area (TPSA) is 90.4 Å². The molecule has 0 spiro atoms. The highest BCUT2D eigenvalue weighted by Crippen LogP contribution is 2.25. The molecule has 0 radical (unpaired) electrons. The number of rotatable bonds is 6. The van der Waals surface area contributed by atoms with Crippen LogP contribution in [0.15, 0.2) is 65.3 Å². The molecule has 3 rings (SSSR count). The van der Waals surface area contributed by atoms with Crippen molar-refractivity contribution in [1.29, 1.82) is 0 Å². The van der Waals surface area contributed by atoms with E-state index in [4.69, 9.17) is 9.26 Å². The maximum absolute atomic E-state index is 11.0. The van der Waals surface area contributed by atoms with Crippen LogP contribution in [0.1, 0.15) is 11.5 Å². The summed E-state index contributed by atoms with van der Waals surface area (Å²) in [6, 6.07) is 16.8. The van der Waals surface area contributed by atoms with Gasteiger partial charge in [0.1, 0.15) is 11.5 Å². The van der Waals surface area contributed by atoms with Crippen LogP contribution < -0.4 is 10.1 Å². The van der Waals surface area contributed by atoms with Crippen LogP contribution in [0.5, 0.6) is 11.5 Å². The van der Waals surface area contributed by atoms with Crippen LogP contribution in [0.2, 0.25) is 0 Å². The van der Waals surface area contributed by atoms with Crippen molar-refractivity contribution in [2.24, 2.45) is 0 Å². The molecule has 0 aliphatic heterocycles. The average Bonchev–Trinajstić information content (AvgIpc) is 2.98. The van der Waals surface area contributed by atoms with Crippen molar-refractivity contribution in [2.45, 2.75) is 6.92 Å². The second kappa shape index (κ2) is 7.31. The van der Waals surface area contributed by atoms with Gasteiger partial charge in [-0.3, -0.25) is 10.1 Å². The first-order chi connectivity index (χ1) is 12.1. The van der Waals surface area contributed by atoms with Crippen LogP contribution in [-0.4, -0.2) is 10.1 Å². The molecule has 0 fully saturated rings. The summed E-state index contributed by atoms with van der Waals surface area (Å²) in [6.07, 6.45) is 3.02. The van der Waals surface area contributed by atoms with Crippen molar-refractivity contribution >= 4 is 17.5 Å². The number of aromatic nitrogens is 1. The molecule has 0 aliphatic carbocycles. The molecule has 7 heteroatoms. The highest BCUT2D eigenvalue weighted by molar-refractivity contribution is 5.60. The molecule has 3 aromatic rings. The van der Waals surface area contributed by atoms with E-state index in [1.165, 1.54) is 13.0 Å². The Hall–Kier alpha value is -3.61. The standard InChI is InChI=1S/C18H15N3O4/c1-13-18(21(22)23)17(25-20-13)11-12-19-14-7-9-16(10-8-14)24-15-5-3-2-4-6-15/h2-12,19H,1H3/b12-11+. The third-order valence-electron chi connectivity index (χ3n) is 3.36. The van der Waals surface area contributed by atoms with Gasteiger partial charge in [-0.25, -0.2) is 0 Å². The minimum atomic E-state index is -0.513. The minimum absolute atomic E-state index is 0.0963. The Morgan fingerprint density at radius 2 is 1.80 bits per heavy atom. The Kier molecular flexibility index (Phi) is 4.75. The monoisotopic (exact) mass is 337 g/mol. The first-order valence-corrected chi connectivity index (χ1v) is 7.50. The zero-order valence-electron chi connectivity index (χ0n) is 13.4. The van der Waals surface area contributed by atoms with E-state index in [-0.39, 0.29) is 17.1 Å². The lowest BCUT2D eigenvalue weighted by atomic mass is 10.3. The predicted molar refractivity (Wildman–Crippen MR) is 93.5 cm³/mol. The van der Waals surface area contributed by atoms with Gasteiger partial charge in [0, 0.05) is 18.0 Å². The second-order valence-corrected chi connectivity index (χ2v) is 5.16. The first kappa shape index (κ1) is 16.3. The molecular weight excluding hydrogens is 322 g/mol. The van der Waals surface area contributed by atoms with E-state index in [2.05, 4.69) is 10.5 Å². The van der Waals surface area contributed by atoms with Gasteiger partial charge in [-0.2, -0.15) is 0 Å². The van der Waals surface area contributed by atoms with E-state index >= 15 is 0 Å². The average molecular weight is 337 g/mol. The van der Waals surface area contributed by atoms with Crippen LogP contribution >= 0.6 is 0 Å². The zero-order valence-corrected chi connectivity index (χ0v) is 13.4. The van der Waals surface area contributed by atoms with Gasteiger partial charge in [0.25, 0.3) is 0 Å². The summed E-state index contributed by atoms with van der Waals surface area (Å²) in [6.45, 7) is 1.53. The molecule has 2 aromatic carbocycles. The van der Waals surface area contributed by atoms with Crippen LogP contribution in [0.25, 0.3) is 6.08 Å². The molecule has 0 atom stereocenters. The summed E-state index contributed by atoms with van der Waals surface area (Å²) in [5, 5.41) is 17.6. The highest BCUT2D eigenvalue weighted by atomic mass is 16.6. The molecule has 0 amide bonds. The van der Waals surface area contributed by atoms with Crippen molar-refractivity contribution in [3.05, 3.63) is 82.4 Å². The number of anilines is 1. The number of benzene rings is 2. The first-order valence-electron chi connectivity index (χ1n) is 7.50. The van der Waals surface area contributed by atoms with E-state index in [1.807, 2.05) is 54.6 Å². The van der Waals surface area contributed by atoms with Gasteiger partial charge in [-0.05, 0) is 43.3 Å². The number of nitrogens with zero attached hydrogens (tertiary/aromatic N) is 2. The maximum atomic E-state index is 11.0. The number of nitrogens with one attached hydrogen (secondary N) is 1. The summed E-state index contributed by atoms with van der Waals surface area (Å²) < 4.78 is 10.6. The SMILES string of the molecule is Cc1noc(/C=C/Nc2ccc(Oc3ccccc3)cc2)c1[N+](=O)[O-]. The largest absolute Gasteiger partial charge is 0.457 e. The molecule has 0 aliphatic rings. The third kappa shape index (κ3) is 4.03. The quantitative estimate of drug-likeness (QED) is 0.515. The van der Waals surface area contributed by atoms with E-state index in [9.17, 15) is 10.1 Å². The predicted octanol–water partition coefficient (Wildman–Crippen LogP) is 4.77. The van der Waals surface area contributed by atoms with Crippen molar-refractivity contribution < 1.29 is 14.2 Å². The molecule has 0 bridgehead atoms. The van der Waals surface area contributed by atoms with Gasteiger partial charge in [0.05, 0.1) is 4.92 Å². The molecule has 0 unspecified atom stereocenters. The summed E-state index contributed by atoms with van der Waals surface area (Å²) in [7, 11) is 0. The van der Waals surface area contributed by atoms with Gasteiger partial charge in [-0.1, -0.05) is 23.4 Å². The van der Waals surface area contributed by atoms with Crippen molar-refractivity contribution in [2.75, 3.05) is 5.32 Å².